The SMILES string of the molecule is CCOc1cc(/C=C2/C(=O)NC(=O)N(c3ccc(C(=O)OC)cc3)C2=O)cc(Cl)c1OCC(=O)Nc1ccccc1C. The second-order valence-corrected chi connectivity index (χ2v) is 9.32. The fraction of sp³-hybridized carbons (Fsp3) is 0.167. The number of nitrogens with one attached hydrogen (secondary N) is 2. The van der Waals surface area contributed by atoms with Gasteiger partial charge in [-0.15, -0.1) is 0 Å². The van der Waals surface area contributed by atoms with Crippen LogP contribution < -0.4 is 25.0 Å². The van der Waals surface area contributed by atoms with Crippen LogP contribution in [0.2, 0.25) is 5.02 Å². The van der Waals surface area contributed by atoms with Crippen molar-refractivity contribution >= 4 is 58.8 Å². The minimum absolute atomic E-state index is 0.0616. The van der Waals surface area contributed by atoms with Gasteiger partial charge in [0.1, 0.15) is 5.57 Å². The highest BCUT2D eigenvalue weighted by molar-refractivity contribution is 6.39. The number of ether oxygens (including phenoxy) is 3. The molecule has 0 saturated carbocycles. The molecule has 1 fully saturated rings. The summed E-state index contributed by atoms with van der Waals surface area (Å²) in [5.41, 5.74) is 1.82. The normalized spacial score (nSPS) is 14.0. The summed E-state index contributed by atoms with van der Waals surface area (Å²) in [6, 6.07) is 14.8. The van der Waals surface area contributed by atoms with Crippen LogP contribution in [0.25, 0.3) is 6.08 Å². The van der Waals surface area contributed by atoms with E-state index in [2.05, 4.69) is 15.4 Å². The third-order valence-electron chi connectivity index (χ3n) is 6.06. The molecule has 0 atom stereocenters. The Hall–Kier alpha value is -5.16. The van der Waals surface area contributed by atoms with Gasteiger partial charge in [0.25, 0.3) is 17.7 Å². The zero-order valence-electron chi connectivity index (χ0n) is 22.9. The van der Waals surface area contributed by atoms with Gasteiger partial charge in [0.05, 0.1) is 30.0 Å². The van der Waals surface area contributed by atoms with E-state index in [-0.39, 0.29) is 46.6 Å². The Labute approximate surface area is 246 Å². The lowest BCUT2D eigenvalue weighted by Crippen LogP contribution is -2.54. The Bertz CT molecular complexity index is 1600. The fourth-order valence-electron chi connectivity index (χ4n) is 4.03. The van der Waals surface area contributed by atoms with Gasteiger partial charge in [0, 0.05) is 5.69 Å². The molecule has 11 nitrogen and oxygen atoms in total. The predicted molar refractivity (Wildman–Crippen MR) is 155 cm³/mol. The highest BCUT2D eigenvalue weighted by atomic mass is 35.5. The first-order valence-corrected chi connectivity index (χ1v) is 13.0. The number of rotatable bonds is 9. The number of benzene rings is 3. The number of carbonyl (C=O) groups is 5. The van der Waals surface area contributed by atoms with Gasteiger partial charge in [0.2, 0.25) is 0 Å². The predicted octanol–water partition coefficient (Wildman–Crippen LogP) is 4.52. The van der Waals surface area contributed by atoms with E-state index in [4.69, 9.17) is 21.1 Å². The number of urea groups is 1. The zero-order chi connectivity index (χ0) is 30.4. The van der Waals surface area contributed by atoms with E-state index in [1.54, 1.807) is 19.1 Å². The number of hydrogen-bond donors (Lipinski definition) is 2. The van der Waals surface area contributed by atoms with Crippen LogP contribution in [0.4, 0.5) is 16.2 Å². The Kier molecular flexibility index (Phi) is 9.23. The molecule has 0 bridgehead atoms. The first-order valence-electron chi connectivity index (χ1n) is 12.7. The average molecular weight is 592 g/mol. The van der Waals surface area contributed by atoms with Gasteiger partial charge >= 0.3 is 12.0 Å². The Morgan fingerprint density at radius 2 is 1.74 bits per heavy atom. The topological polar surface area (TPSA) is 140 Å². The summed E-state index contributed by atoms with van der Waals surface area (Å²) >= 11 is 6.48. The Balaban J connectivity index is 1.58. The molecular formula is C30H26ClN3O8. The van der Waals surface area contributed by atoms with Gasteiger partial charge in [-0.3, -0.25) is 19.7 Å². The minimum atomic E-state index is -0.950. The summed E-state index contributed by atoms with van der Waals surface area (Å²) in [7, 11) is 1.23. The summed E-state index contributed by atoms with van der Waals surface area (Å²) in [5, 5.41) is 4.96. The number of amides is 5. The maximum absolute atomic E-state index is 13.3. The lowest BCUT2D eigenvalue weighted by Gasteiger charge is -2.26. The van der Waals surface area contributed by atoms with Crippen LogP contribution in [0, 0.1) is 6.92 Å². The number of imide groups is 2. The number of aryl methyl sites for hydroxylation is 1. The molecule has 5 amide bonds. The zero-order valence-corrected chi connectivity index (χ0v) is 23.6. The maximum atomic E-state index is 13.3. The van der Waals surface area contributed by atoms with Crippen molar-refractivity contribution in [2.24, 2.45) is 0 Å². The standard InChI is InChI=1S/C30H26ClN3O8/c1-4-41-24-15-18(14-22(31)26(24)42-16-25(35)32-23-8-6-5-7-17(23)2)13-21-27(36)33-30(39)34(28(21)37)20-11-9-19(10-12-20)29(38)40-3/h5-15H,4,16H2,1-3H3,(H,32,35)(H,33,36,39)/b21-13-. The van der Waals surface area contributed by atoms with Crippen LogP contribution in [0.3, 0.4) is 0 Å². The van der Waals surface area contributed by atoms with Crippen molar-refractivity contribution in [3.63, 3.8) is 0 Å². The molecule has 1 aliphatic heterocycles. The van der Waals surface area contributed by atoms with E-state index >= 15 is 0 Å². The molecule has 3 aromatic carbocycles. The second kappa shape index (κ2) is 13.0. The highest BCUT2D eigenvalue weighted by Crippen LogP contribution is 2.37. The first kappa shape index (κ1) is 29.8. The van der Waals surface area contributed by atoms with Crippen LogP contribution in [-0.2, 0) is 19.1 Å². The molecule has 1 heterocycles. The minimum Gasteiger partial charge on any atom is -0.490 e. The molecule has 4 rings (SSSR count). The van der Waals surface area contributed by atoms with Gasteiger partial charge in [0.15, 0.2) is 18.1 Å². The summed E-state index contributed by atoms with van der Waals surface area (Å²) in [6.07, 6.45) is 1.25. The van der Waals surface area contributed by atoms with Crippen LogP contribution in [-0.4, -0.2) is 50.0 Å². The van der Waals surface area contributed by atoms with Crippen molar-refractivity contribution < 1.29 is 38.2 Å². The summed E-state index contributed by atoms with van der Waals surface area (Å²) in [5.74, 6) is -2.53. The monoisotopic (exact) mass is 591 g/mol. The van der Waals surface area contributed by atoms with Crippen molar-refractivity contribution in [3.05, 3.63) is 87.9 Å². The number of methoxy groups -OCH3 is 1. The largest absolute Gasteiger partial charge is 0.490 e. The van der Waals surface area contributed by atoms with Crippen molar-refractivity contribution in [2.45, 2.75) is 13.8 Å². The van der Waals surface area contributed by atoms with E-state index in [9.17, 15) is 24.0 Å². The number of barbiturate groups is 1. The van der Waals surface area contributed by atoms with E-state index in [1.165, 1.54) is 49.6 Å². The molecule has 12 heteroatoms. The summed E-state index contributed by atoms with van der Waals surface area (Å²) < 4.78 is 16.0. The van der Waals surface area contributed by atoms with Crippen molar-refractivity contribution in [2.75, 3.05) is 30.5 Å². The quantitative estimate of drug-likeness (QED) is 0.210. The average Bonchev–Trinajstić information content (AvgIpc) is 2.96. The van der Waals surface area contributed by atoms with Crippen LogP contribution in [0.5, 0.6) is 11.5 Å². The lowest BCUT2D eigenvalue weighted by molar-refractivity contribution is -0.122. The third kappa shape index (κ3) is 6.58. The number of carbonyl (C=O) groups excluding carboxylic acids is 5. The Morgan fingerprint density at radius 1 is 1.02 bits per heavy atom. The number of halogens is 1. The van der Waals surface area contributed by atoms with Gasteiger partial charge in [-0.1, -0.05) is 29.8 Å². The summed E-state index contributed by atoms with van der Waals surface area (Å²) in [4.78, 5) is 63.5. The highest BCUT2D eigenvalue weighted by Gasteiger charge is 2.37. The number of anilines is 2. The molecule has 0 aliphatic carbocycles. The van der Waals surface area contributed by atoms with Gasteiger partial charge in [-0.05, 0) is 73.5 Å². The molecule has 42 heavy (non-hydrogen) atoms. The molecule has 2 N–H and O–H groups in total. The smallest absolute Gasteiger partial charge is 0.337 e. The van der Waals surface area contributed by atoms with Crippen molar-refractivity contribution in [1.29, 1.82) is 0 Å². The molecule has 1 saturated heterocycles. The van der Waals surface area contributed by atoms with Gasteiger partial charge in [-0.2, -0.15) is 0 Å². The first-order chi connectivity index (χ1) is 20.1. The maximum Gasteiger partial charge on any atom is 0.337 e. The Morgan fingerprint density at radius 3 is 2.40 bits per heavy atom. The molecule has 1 aliphatic rings. The molecule has 0 radical (unpaired) electrons. The van der Waals surface area contributed by atoms with Gasteiger partial charge < -0.3 is 19.5 Å². The van der Waals surface area contributed by atoms with E-state index in [1.807, 2.05) is 19.1 Å². The van der Waals surface area contributed by atoms with Gasteiger partial charge in [-0.25, -0.2) is 14.5 Å². The number of nitrogens with zero attached hydrogens (tertiary/aromatic N) is 1. The molecular weight excluding hydrogens is 566 g/mol. The van der Waals surface area contributed by atoms with Crippen LogP contribution >= 0.6 is 11.6 Å². The molecule has 216 valence electrons. The van der Waals surface area contributed by atoms with E-state index in [0.717, 1.165) is 10.5 Å². The number of esters is 1. The second-order valence-electron chi connectivity index (χ2n) is 8.91. The molecule has 0 unspecified atom stereocenters. The van der Waals surface area contributed by atoms with Crippen LogP contribution in [0.15, 0.2) is 66.2 Å². The fourth-order valence-corrected chi connectivity index (χ4v) is 4.31. The number of para-hydroxylation sites is 1. The molecule has 0 aromatic heterocycles. The van der Waals surface area contributed by atoms with E-state index in [0.29, 0.717) is 11.3 Å². The van der Waals surface area contributed by atoms with E-state index < -0.39 is 29.7 Å². The molecule has 3 aromatic rings. The number of hydrogen-bond acceptors (Lipinski definition) is 8. The van der Waals surface area contributed by atoms with Crippen molar-refractivity contribution in [1.82, 2.24) is 5.32 Å². The molecule has 0 spiro atoms. The lowest BCUT2D eigenvalue weighted by atomic mass is 10.1. The van der Waals surface area contributed by atoms with Crippen molar-refractivity contribution in [3.8, 4) is 11.5 Å². The summed E-state index contributed by atoms with van der Waals surface area (Å²) in [6.45, 7) is 3.47. The third-order valence-corrected chi connectivity index (χ3v) is 6.34. The van der Waals surface area contributed by atoms with Crippen LogP contribution in [0.1, 0.15) is 28.4 Å².